The van der Waals surface area contributed by atoms with Crippen LogP contribution in [-0.4, -0.2) is 46.3 Å². The van der Waals surface area contributed by atoms with Gasteiger partial charge < -0.3 is 20.9 Å². The number of aromatic amines is 1. The molecule has 9 nitrogen and oxygen atoms in total. The van der Waals surface area contributed by atoms with Gasteiger partial charge >= 0.3 is 0 Å². The molecule has 32 heavy (non-hydrogen) atoms. The molecule has 1 saturated heterocycles. The number of carbonyl (C=O) groups excluding carboxylic acids is 3. The molecule has 170 valence electrons. The summed E-state index contributed by atoms with van der Waals surface area (Å²) in [4.78, 5) is 45.0. The lowest BCUT2D eigenvalue weighted by molar-refractivity contribution is -0.125. The highest BCUT2D eigenvalue weighted by Gasteiger charge is 2.32. The van der Waals surface area contributed by atoms with Crippen molar-refractivity contribution >= 4 is 44.7 Å². The van der Waals surface area contributed by atoms with Gasteiger partial charge in [-0.05, 0) is 42.9 Å². The van der Waals surface area contributed by atoms with Gasteiger partial charge in [-0.1, -0.05) is 36.7 Å². The van der Waals surface area contributed by atoms with Gasteiger partial charge in [0, 0.05) is 16.9 Å². The molecule has 4 N–H and O–H groups in total. The number of hydrogen-bond donors (Lipinski definition) is 4. The van der Waals surface area contributed by atoms with E-state index >= 15 is 0 Å². The van der Waals surface area contributed by atoms with Crippen LogP contribution < -0.4 is 16.0 Å². The highest BCUT2D eigenvalue weighted by atomic mass is 79.9. The summed E-state index contributed by atoms with van der Waals surface area (Å²) in [6.07, 6.45) is 1.23. The van der Waals surface area contributed by atoms with Crippen LogP contribution in [0.25, 0.3) is 11.0 Å². The van der Waals surface area contributed by atoms with Crippen LogP contribution in [0.15, 0.2) is 22.7 Å². The molecule has 1 fully saturated rings. The lowest BCUT2D eigenvalue weighted by atomic mass is 9.87. The Bertz CT molecular complexity index is 1070. The third-order valence-electron chi connectivity index (χ3n) is 5.25. The summed E-state index contributed by atoms with van der Waals surface area (Å²) in [7, 11) is 0. The number of hydrogen-bond acceptors (Lipinski definition) is 5. The Labute approximate surface area is 194 Å². The van der Waals surface area contributed by atoms with Gasteiger partial charge in [-0.25, -0.2) is 4.98 Å². The fraction of sp³-hybridized carbons (Fsp3) is 0.500. The summed E-state index contributed by atoms with van der Waals surface area (Å²) in [5, 5.41) is 17.7. The van der Waals surface area contributed by atoms with E-state index in [-0.39, 0.29) is 29.5 Å². The molecule has 3 amide bonds. The number of benzene rings is 1. The highest BCUT2D eigenvalue weighted by Crippen LogP contribution is 2.22. The maximum absolute atomic E-state index is 13.0. The van der Waals surface area contributed by atoms with Gasteiger partial charge in [0.25, 0.3) is 5.91 Å². The molecular weight excluding hydrogens is 476 g/mol. The standard InChI is InChI=1S/C22H27BrN6O3/c1-22(2,3)10-17(20(31)26-14(11-24)8-12-6-7-25-19(12)30)29-21(32)18-27-15-5-4-13(23)9-16(15)28-18/h4-5,9,12,14,17H,6-8,10H2,1-3H3,(H,25,30)(H,26,31)(H,27,28)(H,29,32)/t12-,14?,17?/m0/s1. The molecular formula is C22H27BrN6O3. The summed E-state index contributed by atoms with van der Waals surface area (Å²) in [5.74, 6) is -1.27. The summed E-state index contributed by atoms with van der Waals surface area (Å²) in [5.41, 5.74) is 1.07. The monoisotopic (exact) mass is 502 g/mol. The van der Waals surface area contributed by atoms with Crippen molar-refractivity contribution in [1.29, 1.82) is 5.26 Å². The molecule has 2 heterocycles. The van der Waals surface area contributed by atoms with E-state index in [1.807, 2.05) is 32.9 Å². The first-order valence-corrected chi connectivity index (χ1v) is 11.3. The SMILES string of the molecule is CC(C)(C)CC(NC(=O)c1nc2ccc(Br)cc2[nH]1)C(=O)NC(C#N)C[C@@H]1CCNC1=O. The van der Waals surface area contributed by atoms with E-state index in [9.17, 15) is 19.6 Å². The van der Waals surface area contributed by atoms with Crippen molar-refractivity contribution in [2.45, 2.75) is 52.1 Å². The molecule has 2 unspecified atom stereocenters. The first kappa shape index (κ1) is 23.7. The molecule has 0 spiro atoms. The number of amides is 3. The second-order valence-corrected chi connectivity index (χ2v) is 10.2. The number of aromatic nitrogens is 2. The zero-order valence-corrected chi connectivity index (χ0v) is 19.9. The summed E-state index contributed by atoms with van der Waals surface area (Å²) < 4.78 is 0.851. The number of nitrogens with one attached hydrogen (secondary N) is 4. The van der Waals surface area contributed by atoms with E-state index in [0.717, 1.165) is 4.47 Å². The van der Waals surface area contributed by atoms with Crippen molar-refractivity contribution in [2.75, 3.05) is 6.54 Å². The topological polar surface area (TPSA) is 140 Å². The van der Waals surface area contributed by atoms with Gasteiger partial charge in [-0.15, -0.1) is 0 Å². The summed E-state index contributed by atoms with van der Waals surface area (Å²) in [6, 6.07) is 5.80. The van der Waals surface area contributed by atoms with Crippen molar-refractivity contribution in [2.24, 2.45) is 11.3 Å². The minimum Gasteiger partial charge on any atom is -0.356 e. The molecule has 0 bridgehead atoms. The molecule has 0 saturated carbocycles. The van der Waals surface area contributed by atoms with Crippen molar-refractivity contribution in [3.8, 4) is 6.07 Å². The number of carbonyl (C=O) groups is 3. The predicted molar refractivity (Wildman–Crippen MR) is 122 cm³/mol. The van der Waals surface area contributed by atoms with Gasteiger partial charge in [0.1, 0.15) is 12.1 Å². The molecule has 1 aromatic heterocycles. The van der Waals surface area contributed by atoms with Crippen LogP contribution >= 0.6 is 15.9 Å². The molecule has 1 aromatic carbocycles. The quantitative estimate of drug-likeness (QED) is 0.460. The van der Waals surface area contributed by atoms with E-state index in [4.69, 9.17) is 0 Å². The number of nitrogens with zero attached hydrogens (tertiary/aromatic N) is 2. The molecule has 3 atom stereocenters. The van der Waals surface area contributed by atoms with Gasteiger partial charge in [-0.2, -0.15) is 5.26 Å². The van der Waals surface area contributed by atoms with Gasteiger partial charge in [0.2, 0.25) is 11.8 Å². The Kier molecular flexibility index (Phi) is 7.19. The molecule has 1 aliphatic heterocycles. The molecule has 0 radical (unpaired) electrons. The van der Waals surface area contributed by atoms with Crippen LogP contribution in [0.3, 0.4) is 0 Å². The Morgan fingerprint density at radius 2 is 2.09 bits per heavy atom. The number of nitriles is 1. The zero-order valence-electron chi connectivity index (χ0n) is 18.3. The fourth-order valence-corrected chi connectivity index (χ4v) is 4.07. The van der Waals surface area contributed by atoms with E-state index < -0.39 is 23.9 Å². The Balaban J connectivity index is 1.72. The Morgan fingerprint density at radius 3 is 2.72 bits per heavy atom. The molecule has 0 aliphatic carbocycles. The minimum absolute atomic E-state index is 0.101. The summed E-state index contributed by atoms with van der Waals surface area (Å²) >= 11 is 3.38. The molecule has 10 heteroatoms. The third-order valence-corrected chi connectivity index (χ3v) is 5.75. The second kappa shape index (κ2) is 9.69. The normalized spacial score (nSPS) is 18.0. The lowest BCUT2D eigenvalue weighted by Gasteiger charge is -2.27. The lowest BCUT2D eigenvalue weighted by Crippen LogP contribution is -2.51. The summed E-state index contributed by atoms with van der Waals surface area (Å²) in [6.45, 7) is 6.46. The van der Waals surface area contributed by atoms with E-state index in [1.165, 1.54) is 0 Å². The van der Waals surface area contributed by atoms with E-state index in [1.54, 1.807) is 6.07 Å². The van der Waals surface area contributed by atoms with Gasteiger partial charge in [0.15, 0.2) is 5.82 Å². The zero-order chi connectivity index (χ0) is 23.5. The van der Waals surface area contributed by atoms with Crippen molar-refractivity contribution in [3.63, 3.8) is 0 Å². The number of imidazole rings is 1. The van der Waals surface area contributed by atoms with Crippen LogP contribution in [0.5, 0.6) is 0 Å². The van der Waals surface area contributed by atoms with Crippen molar-refractivity contribution in [3.05, 3.63) is 28.5 Å². The molecule has 1 aliphatic rings. The first-order chi connectivity index (χ1) is 15.1. The van der Waals surface area contributed by atoms with Crippen LogP contribution in [0.4, 0.5) is 0 Å². The third kappa shape index (κ3) is 6.07. The number of fused-ring (bicyclic) bond motifs is 1. The fourth-order valence-electron chi connectivity index (χ4n) is 3.71. The average Bonchev–Trinajstić information content (AvgIpc) is 3.31. The van der Waals surface area contributed by atoms with Crippen molar-refractivity contribution in [1.82, 2.24) is 25.9 Å². The average molecular weight is 503 g/mol. The largest absolute Gasteiger partial charge is 0.356 e. The maximum atomic E-state index is 13.0. The van der Waals surface area contributed by atoms with Crippen LogP contribution in [0.1, 0.15) is 50.7 Å². The van der Waals surface area contributed by atoms with Crippen LogP contribution in [0, 0.1) is 22.7 Å². The van der Waals surface area contributed by atoms with E-state index in [2.05, 4.69) is 47.9 Å². The number of H-pyrrole nitrogens is 1. The number of rotatable bonds is 7. The Morgan fingerprint density at radius 1 is 1.34 bits per heavy atom. The Hall–Kier alpha value is -2.93. The smallest absolute Gasteiger partial charge is 0.287 e. The molecule has 3 rings (SSSR count). The maximum Gasteiger partial charge on any atom is 0.287 e. The van der Waals surface area contributed by atoms with Crippen LogP contribution in [-0.2, 0) is 9.59 Å². The van der Waals surface area contributed by atoms with Gasteiger partial charge in [0.05, 0.1) is 17.1 Å². The first-order valence-electron chi connectivity index (χ1n) is 10.5. The van der Waals surface area contributed by atoms with E-state index in [0.29, 0.717) is 30.4 Å². The van der Waals surface area contributed by atoms with Gasteiger partial charge in [-0.3, -0.25) is 14.4 Å². The number of halogens is 1. The van der Waals surface area contributed by atoms with Crippen LogP contribution in [0.2, 0.25) is 0 Å². The highest BCUT2D eigenvalue weighted by molar-refractivity contribution is 9.10. The minimum atomic E-state index is -0.865. The van der Waals surface area contributed by atoms with Crippen molar-refractivity contribution < 1.29 is 14.4 Å². The predicted octanol–water partition coefficient (Wildman–Crippen LogP) is 2.39. The molecule has 2 aromatic rings. The second-order valence-electron chi connectivity index (χ2n) is 9.24.